The van der Waals surface area contributed by atoms with Gasteiger partial charge in [-0.05, 0) is 60.4 Å². The van der Waals surface area contributed by atoms with Crippen molar-refractivity contribution in [3.05, 3.63) is 129 Å². The van der Waals surface area contributed by atoms with Crippen molar-refractivity contribution >= 4 is 55.1 Å². The monoisotopic (exact) mass is 709 g/mol. The molecule has 0 heterocycles. The first-order valence-electron chi connectivity index (χ1n) is 14.6. The molecule has 4 aromatic carbocycles. The fraction of sp³-hybridized carbons (Fsp3) is 0.257. The van der Waals surface area contributed by atoms with Gasteiger partial charge in [0.25, 0.3) is 10.0 Å². The molecule has 4 rings (SSSR count). The molecule has 7 nitrogen and oxygen atoms in total. The number of aryl methyl sites for hydroxylation is 1. The van der Waals surface area contributed by atoms with Crippen molar-refractivity contribution in [2.75, 3.05) is 17.4 Å². The maximum Gasteiger partial charge on any atom is 0.264 e. The number of para-hydroxylation sites is 1. The van der Waals surface area contributed by atoms with E-state index in [4.69, 9.17) is 11.6 Å². The van der Waals surface area contributed by atoms with Gasteiger partial charge in [-0.3, -0.25) is 13.9 Å². The molecule has 0 aromatic heterocycles. The smallest absolute Gasteiger partial charge is 0.264 e. The van der Waals surface area contributed by atoms with Gasteiger partial charge in [-0.2, -0.15) is 0 Å². The van der Waals surface area contributed by atoms with Crippen LogP contribution in [0.2, 0.25) is 5.02 Å². The van der Waals surface area contributed by atoms with E-state index < -0.39 is 28.5 Å². The van der Waals surface area contributed by atoms with E-state index in [1.54, 1.807) is 36.4 Å². The Labute approximate surface area is 279 Å². The van der Waals surface area contributed by atoms with Gasteiger partial charge in [0.15, 0.2) is 0 Å². The standard InChI is InChI=1S/C35H37BrClN3O4S/c1-25(2)22-38-35(42)33(21-27-9-5-4-6-10-27)39(23-28-15-17-29(36)18-16-28)34(41)24-40(32-12-8-7-11-31(32)37)45(43,44)30-19-13-26(3)14-20-30/h4-20,25,33H,21-24H2,1-3H3,(H,38,42). The Balaban J connectivity index is 1.80. The molecule has 1 N–H and O–H groups in total. The number of nitrogens with one attached hydrogen (secondary N) is 1. The largest absolute Gasteiger partial charge is 0.354 e. The van der Waals surface area contributed by atoms with E-state index in [0.717, 1.165) is 25.5 Å². The molecule has 1 unspecified atom stereocenters. The molecular weight excluding hydrogens is 674 g/mol. The summed E-state index contributed by atoms with van der Waals surface area (Å²) in [6.07, 6.45) is 0.240. The SMILES string of the molecule is Cc1ccc(S(=O)(=O)N(CC(=O)N(Cc2ccc(Br)cc2)C(Cc2ccccc2)C(=O)NCC(C)C)c2ccccc2Cl)cc1. The Hall–Kier alpha value is -3.66. The summed E-state index contributed by atoms with van der Waals surface area (Å²) in [5.41, 5.74) is 2.71. The molecule has 0 fully saturated rings. The van der Waals surface area contributed by atoms with E-state index in [1.165, 1.54) is 17.0 Å². The topological polar surface area (TPSA) is 86.8 Å². The summed E-state index contributed by atoms with van der Waals surface area (Å²) >= 11 is 9.99. The van der Waals surface area contributed by atoms with Crippen LogP contribution < -0.4 is 9.62 Å². The lowest BCUT2D eigenvalue weighted by Crippen LogP contribution is -2.53. The van der Waals surface area contributed by atoms with E-state index in [0.29, 0.717) is 6.54 Å². The van der Waals surface area contributed by atoms with Crippen LogP contribution in [0.1, 0.15) is 30.5 Å². The van der Waals surface area contributed by atoms with Crippen molar-refractivity contribution in [2.24, 2.45) is 5.92 Å². The maximum atomic E-state index is 14.5. The lowest BCUT2D eigenvalue weighted by molar-refractivity contribution is -0.140. The number of carbonyl (C=O) groups is 2. The summed E-state index contributed by atoms with van der Waals surface area (Å²) in [5.74, 6) is -0.671. The average molecular weight is 711 g/mol. The summed E-state index contributed by atoms with van der Waals surface area (Å²) in [6.45, 7) is 5.79. The van der Waals surface area contributed by atoms with Crippen LogP contribution >= 0.6 is 27.5 Å². The van der Waals surface area contributed by atoms with Crippen LogP contribution in [0.5, 0.6) is 0 Å². The molecule has 2 amide bonds. The second-order valence-electron chi connectivity index (χ2n) is 11.3. The predicted octanol–water partition coefficient (Wildman–Crippen LogP) is 7.02. The fourth-order valence-corrected chi connectivity index (χ4v) is 6.75. The van der Waals surface area contributed by atoms with Crippen LogP contribution in [-0.2, 0) is 32.6 Å². The molecule has 0 radical (unpaired) electrons. The molecule has 236 valence electrons. The molecule has 0 spiro atoms. The number of hydrogen-bond acceptors (Lipinski definition) is 4. The normalized spacial score (nSPS) is 12.0. The number of nitrogens with zero attached hydrogens (tertiary/aromatic N) is 2. The van der Waals surface area contributed by atoms with Crippen LogP contribution in [0, 0.1) is 12.8 Å². The summed E-state index contributed by atoms with van der Waals surface area (Å²) in [7, 11) is -4.23. The molecule has 0 aliphatic carbocycles. The quantitative estimate of drug-likeness (QED) is 0.162. The van der Waals surface area contributed by atoms with Gasteiger partial charge in [-0.25, -0.2) is 8.42 Å². The highest BCUT2D eigenvalue weighted by molar-refractivity contribution is 9.10. The zero-order valence-electron chi connectivity index (χ0n) is 25.5. The summed E-state index contributed by atoms with van der Waals surface area (Å²) in [5, 5.41) is 3.17. The Morgan fingerprint density at radius 2 is 1.47 bits per heavy atom. The highest BCUT2D eigenvalue weighted by atomic mass is 79.9. The Morgan fingerprint density at radius 3 is 2.09 bits per heavy atom. The van der Waals surface area contributed by atoms with Crippen LogP contribution in [0.15, 0.2) is 112 Å². The molecular formula is C35H37BrClN3O4S. The average Bonchev–Trinajstić information content (AvgIpc) is 3.02. The second kappa shape index (κ2) is 15.6. The minimum Gasteiger partial charge on any atom is -0.354 e. The number of sulfonamides is 1. The number of rotatable bonds is 13. The number of hydrogen-bond donors (Lipinski definition) is 1. The lowest BCUT2D eigenvalue weighted by Gasteiger charge is -2.34. The molecule has 10 heteroatoms. The lowest BCUT2D eigenvalue weighted by atomic mass is 10.0. The van der Waals surface area contributed by atoms with Crippen molar-refractivity contribution in [2.45, 2.75) is 44.7 Å². The van der Waals surface area contributed by atoms with Crippen molar-refractivity contribution in [3.8, 4) is 0 Å². The first kappa shape index (κ1) is 34.2. The second-order valence-corrected chi connectivity index (χ2v) is 14.5. The molecule has 1 atom stereocenters. The minimum atomic E-state index is -4.23. The third-order valence-corrected chi connectivity index (χ3v) is 9.85. The summed E-state index contributed by atoms with van der Waals surface area (Å²) in [4.78, 5) is 29.8. The Kier molecular flexibility index (Phi) is 11.8. The zero-order chi connectivity index (χ0) is 32.6. The van der Waals surface area contributed by atoms with Gasteiger partial charge in [0, 0.05) is 24.0 Å². The maximum absolute atomic E-state index is 14.5. The molecule has 45 heavy (non-hydrogen) atoms. The van der Waals surface area contributed by atoms with Crippen molar-refractivity contribution < 1.29 is 18.0 Å². The zero-order valence-corrected chi connectivity index (χ0v) is 28.6. The highest BCUT2D eigenvalue weighted by Crippen LogP contribution is 2.31. The van der Waals surface area contributed by atoms with Gasteiger partial charge in [0.1, 0.15) is 12.6 Å². The molecule has 0 bridgehead atoms. The molecule has 0 aliphatic heterocycles. The van der Waals surface area contributed by atoms with E-state index in [1.807, 2.05) is 75.4 Å². The van der Waals surface area contributed by atoms with Crippen LogP contribution in [0.3, 0.4) is 0 Å². The first-order valence-corrected chi connectivity index (χ1v) is 17.3. The van der Waals surface area contributed by atoms with Gasteiger partial charge in [0.2, 0.25) is 11.8 Å². The Morgan fingerprint density at radius 1 is 0.844 bits per heavy atom. The number of amides is 2. The highest BCUT2D eigenvalue weighted by Gasteiger charge is 2.35. The predicted molar refractivity (Wildman–Crippen MR) is 184 cm³/mol. The number of anilines is 1. The van der Waals surface area contributed by atoms with E-state index in [2.05, 4.69) is 21.2 Å². The number of benzene rings is 4. The van der Waals surface area contributed by atoms with E-state index >= 15 is 0 Å². The van der Waals surface area contributed by atoms with Gasteiger partial charge < -0.3 is 10.2 Å². The molecule has 4 aromatic rings. The van der Waals surface area contributed by atoms with Gasteiger partial charge in [-0.1, -0.05) is 114 Å². The first-order chi connectivity index (χ1) is 21.5. The fourth-order valence-electron chi connectivity index (χ4n) is 4.77. The van der Waals surface area contributed by atoms with Crippen molar-refractivity contribution in [3.63, 3.8) is 0 Å². The van der Waals surface area contributed by atoms with Crippen molar-refractivity contribution in [1.29, 1.82) is 0 Å². The summed E-state index contributed by atoms with van der Waals surface area (Å²) < 4.78 is 30.2. The minimum absolute atomic E-state index is 0.0239. The van der Waals surface area contributed by atoms with Crippen LogP contribution in [-0.4, -0.2) is 44.3 Å². The summed E-state index contributed by atoms with van der Waals surface area (Å²) in [6, 6.07) is 28.9. The third-order valence-electron chi connectivity index (χ3n) is 7.23. The number of halogens is 2. The Bertz CT molecular complexity index is 1700. The molecule has 0 saturated carbocycles. The van der Waals surface area contributed by atoms with Gasteiger partial charge >= 0.3 is 0 Å². The molecule has 0 aliphatic rings. The van der Waals surface area contributed by atoms with Gasteiger partial charge in [0.05, 0.1) is 15.6 Å². The van der Waals surface area contributed by atoms with Crippen molar-refractivity contribution in [1.82, 2.24) is 10.2 Å². The van der Waals surface area contributed by atoms with Gasteiger partial charge in [-0.15, -0.1) is 0 Å². The van der Waals surface area contributed by atoms with Crippen LogP contribution in [0.4, 0.5) is 5.69 Å². The van der Waals surface area contributed by atoms with E-state index in [-0.39, 0.29) is 40.4 Å². The number of carbonyl (C=O) groups excluding carboxylic acids is 2. The van der Waals surface area contributed by atoms with E-state index in [9.17, 15) is 18.0 Å². The van der Waals surface area contributed by atoms with Crippen LogP contribution in [0.25, 0.3) is 0 Å². The molecule has 0 saturated heterocycles. The third kappa shape index (κ3) is 9.19.